The van der Waals surface area contributed by atoms with Crippen molar-refractivity contribution in [3.63, 3.8) is 0 Å². The number of nitrogens with zero attached hydrogens (tertiary/aromatic N) is 1. The molecule has 0 N–H and O–H groups in total. The predicted octanol–water partition coefficient (Wildman–Crippen LogP) is 3.62. The topological polar surface area (TPSA) is 29.5 Å². The van der Waals surface area contributed by atoms with Crippen molar-refractivity contribution >= 4 is 22.4 Å². The number of anilines is 1. The number of methoxy groups -OCH3 is 1. The Balaban J connectivity index is 2.15. The number of esters is 1. The largest absolute Gasteiger partial charge is 0.469 e. The third-order valence-corrected chi connectivity index (χ3v) is 3.53. The Morgan fingerprint density at radius 3 is 2.65 bits per heavy atom. The Hall–Kier alpha value is -2.03. The molecule has 0 bridgehead atoms. The van der Waals surface area contributed by atoms with Gasteiger partial charge in [-0.05, 0) is 24.8 Å². The van der Waals surface area contributed by atoms with Gasteiger partial charge in [-0.1, -0.05) is 36.4 Å². The molecule has 0 aliphatic heterocycles. The standard InChI is InChI=1S/C17H21NO2/c1-3-18(13-7-12-17(19)20-2)16-11-6-9-14-8-4-5-10-15(14)16/h4-6,8-11H,3,7,12-13H2,1-2H3. The van der Waals surface area contributed by atoms with Crippen LogP contribution in [0.15, 0.2) is 42.5 Å². The van der Waals surface area contributed by atoms with E-state index in [9.17, 15) is 4.79 Å². The zero-order valence-electron chi connectivity index (χ0n) is 12.1. The molecule has 2 aromatic rings. The van der Waals surface area contributed by atoms with E-state index in [1.165, 1.54) is 23.6 Å². The van der Waals surface area contributed by atoms with Crippen LogP contribution in [-0.2, 0) is 9.53 Å². The van der Waals surface area contributed by atoms with E-state index in [4.69, 9.17) is 0 Å². The zero-order chi connectivity index (χ0) is 14.4. The van der Waals surface area contributed by atoms with Gasteiger partial charge in [0.2, 0.25) is 0 Å². The van der Waals surface area contributed by atoms with Gasteiger partial charge in [0.25, 0.3) is 0 Å². The van der Waals surface area contributed by atoms with Gasteiger partial charge in [-0.2, -0.15) is 0 Å². The molecule has 0 aliphatic rings. The number of carbonyl (C=O) groups is 1. The van der Waals surface area contributed by atoms with Crippen LogP contribution in [-0.4, -0.2) is 26.2 Å². The highest BCUT2D eigenvalue weighted by Gasteiger charge is 2.09. The fraction of sp³-hybridized carbons (Fsp3) is 0.353. The molecule has 2 aromatic carbocycles. The van der Waals surface area contributed by atoms with Crippen LogP contribution in [0.1, 0.15) is 19.8 Å². The Kier molecular flexibility index (Phi) is 4.99. The van der Waals surface area contributed by atoms with E-state index in [0.717, 1.165) is 19.5 Å². The molecule has 106 valence electrons. The Morgan fingerprint density at radius 1 is 1.15 bits per heavy atom. The van der Waals surface area contributed by atoms with Gasteiger partial charge >= 0.3 is 5.97 Å². The molecular weight excluding hydrogens is 250 g/mol. The third kappa shape index (κ3) is 3.29. The molecule has 2 rings (SSSR count). The monoisotopic (exact) mass is 271 g/mol. The second kappa shape index (κ2) is 6.94. The first-order valence-electron chi connectivity index (χ1n) is 7.05. The molecule has 0 saturated heterocycles. The lowest BCUT2D eigenvalue weighted by Crippen LogP contribution is -2.24. The Bertz CT molecular complexity index is 575. The summed E-state index contributed by atoms with van der Waals surface area (Å²) in [6.07, 6.45) is 1.28. The third-order valence-electron chi connectivity index (χ3n) is 3.53. The van der Waals surface area contributed by atoms with Crippen molar-refractivity contribution in [2.75, 3.05) is 25.1 Å². The van der Waals surface area contributed by atoms with E-state index in [1.807, 2.05) is 0 Å². The molecule has 0 unspecified atom stereocenters. The van der Waals surface area contributed by atoms with E-state index >= 15 is 0 Å². The van der Waals surface area contributed by atoms with Gasteiger partial charge in [-0.3, -0.25) is 4.79 Å². The minimum absolute atomic E-state index is 0.140. The normalized spacial score (nSPS) is 10.5. The van der Waals surface area contributed by atoms with Crippen LogP contribution in [0.4, 0.5) is 5.69 Å². The van der Waals surface area contributed by atoms with E-state index in [1.54, 1.807) is 0 Å². The van der Waals surface area contributed by atoms with E-state index in [2.05, 4.69) is 59.0 Å². The van der Waals surface area contributed by atoms with Gasteiger partial charge in [0.15, 0.2) is 0 Å². The molecule has 3 nitrogen and oxygen atoms in total. The van der Waals surface area contributed by atoms with Crippen molar-refractivity contribution in [2.24, 2.45) is 0 Å². The average Bonchev–Trinajstić information content (AvgIpc) is 2.51. The lowest BCUT2D eigenvalue weighted by molar-refractivity contribution is -0.140. The van der Waals surface area contributed by atoms with Crippen LogP contribution < -0.4 is 4.90 Å². The quantitative estimate of drug-likeness (QED) is 0.752. The van der Waals surface area contributed by atoms with Crippen molar-refractivity contribution in [1.29, 1.82) is 0 Å². The number of carbonyl (C=O) groups excluding carboxylic acids is 1. The summed E-state index contributed by atoms with van der Waals surface area (Å²) in [4.78, 5) is 13.5. The van der Waals surface area contributed by atoms with Crippen molar-refractivity contribution in [3.05, 3.63) is 42.5 Å². The average molecular weight is 271 g/mol. The molecule has 0 saturated carbocycles. The fourth-order valence-corrected chi connectivity index (χ4v) is 2.45. The van der Waals surface area contributed by atoms with Crippen LogP contribution in [0, 0.1) is 0 Å². The number of benzene rings is 2. The molecule has 0 fully saturated rings. The van der Waals surface area contributed by atoms with Crippen LogP contribution >= 0.6 is 0 Å². The first-order valence-corrected chi connectivity index (χ1v) is 7.05. The zero-order valence-corrected chi connectivity index (χ0v) is 12.1. The summed E-state index contributed by atoms with van der Waals surface area (Å²) in [6, 6.07) is 14.7. The lowest BCUT2D eigenvalue weighted by atomic mass is 10.1. The van der Waals surface area contributed by atoms with Crippen molar-refractivity contribution in [3.8, 4) is 0 Å². The predicted molar refractivity (Wildman–Crippen MR) is 83.1 cm³/mol. The summed E-state index contributed by atoms with van der Waals surface area (Å²) < 4.78 is 4.68. The summed E-state index contributed by atoms with van der Waals surface area (Å²) >= 11 is 0. The first-order chi connectivity index (χ1) is 9.76. The lowest BCUT2D eigenvalue weighted by Gasteiger charge is -2.24. The number of hydrogen-bond donors (Lipinski definition) is 0. The molecule has 0 radical (unpaired) electrons. The Labute approximate surface area is 120 Å². The van der Waals surface area contributed by atoms with Crippen LogP contribution in [0.2, 0.25) is 0 Å². The Morgan fingerprint density at radius 2 is 1.90 bits per heavy atom. The van der Waals surface area contributed by atoms with Gasteiger partial charge in [-0.25, -0.2) is 0 Å². The molecule has 0 spiro atoms. The summed E-state index contributed by atoms with van der Waals surface area (Å²) in [5, 5.41) is 2.51. The van der Waals surface area contributed by atoms with Crippen LogP contribution in [0.3, 0.4) is 0 Å². The molecule has 0 aliphatic carbocycles. The van der Waals surface area contributed by atoms with Gasteiger partial charge in [0.1, 0.15) is 0 Å². The smallest absolute Gasteiger partial charge is 0.305 e. The molecule has 20 heavy (non-hydrogen) atoms. The summed E-state index contributed by atoms with van der Waals surface area (Å²) in [7, 11) is 1.44. The maximum absolute atomic E-state index is 11.2. The van der Waals surface area contributed by atoms with E-state index in [-0.39, 0.29) is 5.97 Å². The van der Waals surface area contributed by atoms with Gasteiger partial charge in [0.05, 0.1) is 7.11 Å². The number of ether oxygens (including phenoxy) is 1. The minimum atomic E-state index is -0.140. The summed E-state index contributed by atoms with van der Waals surface area (Å²) in [5.74, 6) is -0.140. The molecule has 0 heterocycles. The molecule has 0 aromatic heterocycles. The van der Waals surface area contributed by atoms with Gasteiger partial charge in [0, 0.05) is 30.6 Å². The van der Waals surface area contributed by atoms with E-state index in [0.29, 0.717) is 6.42 Å². The maximum atomic E-state index is 11.2. The SMILES string of the molecule is CCN(CCCC(=O)OC)c1cccc2ccccc12. The van der Waals surface area contributed by atoms with Crippen molar-refractivity contribution < 1.29 is 9.53 Å². The second-order valence-electron chi connectivity index (χ2n) is 4.76. The van der Waals surface area contributed by atoms with Gasteiger partial charge < -0.3 is 9.64 Å². The highest BCUT2D eigenvalue weighted by atomic mass is 16.5. The minimum Gasteiger partial charge on any atom is -0.469 e. The molecule has 0 amide bonds. The molecular formula is C17H21NO2. The number of fused-ring (bicyclic) bond motifs is 1. The van der Waals surface area contributed by atoms with Gasteiger partial charge in [-0.15, -0.1) is 0 Å². The fourth-order valence-electron chi connectivity index (χ4n) is 2.45. The highest BCUT2D eigenvalue weighted by molar-refractivity contribution is 5.94. The second-order valence-corrected chi connectivity index (χ2v) is 4.76. The summed E-state index contributed by atoms with van der Waals surface area (Å²) in [6.45, 7) is 3.93. The van der Waals surface area contributed by atoms with Crippen LogP contribution in [0.5, 0.6) is 0 Å². The van der Waals surface area contributed by atoms with Crippen LogP contribution in [0.25, 0.3) is 10.8 Å². The van der Waals surface area contributed by atoms with E-state index < -0.39 is 0 Å². The highest BCUT2D eigenvalue weighted by Crippen LogP contribution is 2.26. The molecule has 0 atom stereocenters. The summed E-state index contributed by atoms with van der Waals surface area (Å²) in [5.41, 5.74) is 1.23. The first kappa shape index (κ1) is 14.4. The number of rotatable bonds is 6. The van der Waals surface area contributed by atoms with Crippen molar-refractivity contribution in [2.45, 2.75) is 19.8 Å². The number of hydrogen-bond acceptors (Lipinski definition) is 3. The maximum Gasteiger partial charge on any atom is 0.305 e. The molecule has 3 heteroatoms. The van der Waals surface area contributed by atoms with Crippen molar-refractivity contribution in [1.82, 2.24) is 0 Å².